The van der Waals surface area contributed by atoms with Gasteiger partial charge in [0, 0.05) is 11.6 Å². The Hall–Kier alpha value is -2.24. The molecule has 2 rings (SSSR count). The fourth-order valence-electron chi connectivity index (χ4n) is 1.44. The van der Waals surface area contributed by atoms with Gasteiger partial charge in [0.2, 0.25) is 5.88 Å². The van der Waals surface area contributed by atoms with Gasteiger partial charge < -0.3 is 9.47 Å². The van der Waals surface area contributed by atoms with Crippen LogP contribution >= 0.6 is 0 Å². The predicted molar refractivity (Wildman–Crippen MR) is 60.5 cm³/mol. The van der Waals surface area contributed by atoms with Crippen LogP contribution in [0.3, 0.4) is 0 Å². The zero-order valence-electron chi connectivity index (χ0n) is 9.78. The molecule has 0 saturated heterocycles. The highest BCUT2D eigenvalue weighted by atomic mass is 19.2. The van der Waals surface area contributed by atoms with Crippen molar-refractivity contribution in [3.63, 3.8) is 0 Å². The van der Waals surface area contributed by atoms with Crippen molar-refractivity contribution in [2.45, 2.75) is 0 Å². The summed E-state index contributed by atoms with van der Waals surface area (Å²) in [5.74, 6) is -1.70. The summed E-state index contributed by atoms with van der Waals surface area (Å²) >= 11 is 0. The van der Waals surface area contributed by atoms with E-state index in [4.69, 9.17) is 9.47 Å². The van der Waals surface area contributed by atoms with Crippen molar-refractivity contribution in [1.82, 2.24) is 9.97 Å². The maximum absolute atomic E-state index is 13.6. The minimum Gasteiger partial charge on any atom is -0.481 e. The average Bonchev–Trinajstić information content (AvgIpc) is 2.41. The Labute approximate surface area is 102 Å². The monoisotopic (exact) mass is 252 g/mol. The predicted octanol–water partition coefficient (Wildman–Crippen LogP) is 2.44. The second-order valence-electron chi connectivity index (χ2n) is 3.38. The Morgan fingerprint density at radius 2 is 1.83 bits per heavy atom. The topological polar surface area (TPSA) is 44.2 Å². The number of benzene rings is 1. The van der Waals surface area contributed by atoms with Gasteiger partial charge in [-0.15, -0.1) is 0 Å². The third-order valence-corrected chi connectivity index (χ3v) is 2.30. The van der Waals surface area contributed by atoms with Crippen LogP contribution in [0.25, 0.3) is 11.3 Å². The average molecular weight is 252 g/mol. The van der Waals surface area contributed by atoms with Crippen LogP contribution in [0.15, 0.2) is 24.3 Å². The highest BCUT2D eigenvalue weighted by Gasteiger charge is 2.14. The molecule has 4 nitrogen and oxygen atoms in total. The van der Waals surface area contributed by atoms with Gasteiger partial charge in [-0.05, 0) is 12.1 Å². The minimum absolute atomic E-state index is 0.0213. The Morgan fingerprint density at radius 1 is 1.06 bits per heavy atom. The number of hydrogen-bond acceptors (Lipinski definition) is 4. The fraction of sp³-hybridized carbons (Fsp3) is 0.167. The zero-order chi connectivity index (χ0) is 13.1. The van der Waals surface area contributed by atoms with Gasteiger partial charge in [0.25, 0.3) is 0 Å². The molecule has 0 radical (unpaired) electrons. The summed E-state index contributed by atoms with van der Waals surface area (Å²) in [5.41, 5.74) is 0.213. The molecule has 0 spiro atoms. The van der Waals surface area contributed by atoms with Crippen LogP contribution in [0, 0.1) is 11.6 Å². The van der Waals surface area contributed by atoms with Crippen LogP contribution in [0.5, 0.6) is 11.9 Å². The third-order valence-electron chi connectivity index (χ3n) is 2.30. The first-order valence-electron chi connectivity index (χ1n) is 5.07. The highest BCUT2D eigenvalue weighted by molar-refractivity contribution is 5.61. The van der Waals surface area contributed by atoms with Crippen molar-refractivity contribution in [3.05, 3.63) is 35.9 Å². The Balaban J connectivity index is 2.59. The second kappa shape index (κ2) is 4.95. The number of methoxy groups -OCH3 is 2. The molecule has 0 N–H and O–H groups in total. The van der Waals surface area contributed by atoms with Gasteiger partial charge in [-0.2, -0.15) is 9.97 Å². The van der Waals surface area contributed by atoms with E-state index in [1.807, 2.05) is 0 Å². The van der Waals surface area contributed by atoms with Gasteiger partial charge in [-0.3, -0.25) is 0 Å². The first kappa shape index (κ1) is 12.2. The minimum atomic E-state index is -0.972. The molecule has 2 aromatic rings. The summed E-state index contributed by atoms with van der Waals surface area (Å²) in [4.78, 5) is 7.83. The summed E-state index contributed by atoms with van der Waals surface area (Å²) in [5, 5.41) is 0. The Kier molecular flexibility index (Phi) is 3.36. The normalized spacial score (nSPS) is 10.2. The van der Waals surface area contributed by atoms with Crippen LogP contribution in [-0.4, -0.2) is 24.2 Å². The summed E-state index contributed by atoms with van der Waals surface area (Å²) in [6, 6.07) is 5.27. The van der Waals surface area contributed by atoms with Gasteiger partial charge >= 0.3 is 6.01 Å². The molecule has 1 aromatic heterocycles. The van der Waals surface area contributed by atoms with E-state index in [0.717, 1.165) is 6.07 Å². The third kappa shape index (κ3) is 2.22. The van der Waals surface area contributed by atoms with E-state index in [1.54, 1.807) is 0 Å². The second-order valence-corrected chi connectivity index (χ2v) is 3.38. The van der Waals surface area contributed by atoms with Gasteiger partial charge in [0.05, 0.1) is 19.9 Å². The SMILES string of the molecule is COc1cc(-c2cccc(F)c2F)nc(OC)n1. The number of halogens is 2. The van der Waals surface area contributed by atoms with Crippen LogP contribution in [0.2, 0.25) is 0 Å². The van der Waals surface area contributed by atoms with Crippen molar-refractivity contribution in [1.29, 1.82) is 0 Å². The molecule has 0 fully saturated rings. The number of hydrogen-bond donors (Lipinski definition) is 0. The van der Waals surface area contributed by atoms with Crippen molar-refractivity contribution < 1.29 is 18.3 Å². The van der Waals surface area contributed by atoms with Gasteiger partial charge in [-0.1, -0.05) is 6.07 Å². The molecule has 0 aliphatic rings. The molecule has 1 aromatic carbocycles. The van der Waals surface area contributed by atoms with Crippen LogP contribution in [0.4, 0.5) is 8.78 Å². The Bertz CT molecular complexity index is 554. The standard InChI is InChI=1S/C12H10F2N2O2/c1-17-10-6-9(15-12(16-10)18-2)7-4-3-5-8(13)11(7)14/h3-6H,1-2H3. The van der Waals surface area contributed by atoms with E-state index in [9.17, 15) is 8.78 Å². The smallest absolute Gasteiger partial charge is 0.320 e. The number of ether oxygens (including phenoxy) is 2. The summed E-state index contributed by atoms with van der Waals surface area (Å²) in [6.45, 7) is 0. The summed E-state index contributed by atoms with van der Waals surface area (Å²) < 4.78 is 36.6. The molecular formula is C12H10F2N2O2. The van der Waals surface area contributed by atoms with Crippen LogP contribution in [0.1, 0.15) is 0 Å². The molecule has 0 unspecified atom stereocenters. The molecule has 0 aliphatic heterocycles. The quantitative estimate of drug-likeness (QED) is 0.841. The number of nitrogens with zero attached hydrogens (tertiary/aromatic N) is 2. The molecule has 0 aliphatic carbocycles. The van der Waals surface area contributed by atoms with Gasteiger partial charge in [0.15, 0.2) is 11.6 Å². The van der Waals surface area contributed by atoms with Crippen LogP contribution < -0.4 is 9.47 Å². The Morgan fingerprint density at radius 3 is 2.50 bits per heavy atom. The first-order chi connectivity index (χ1) is 8.65. The summed E-state index contributed by atoms with van der Waals surface area (Å²) in [7, 11) is 2.79. The lowest BCUT2D eigenvalue weighted by molar-refractivity contribution is 0.352. The molecule has 94 valence electrons. The molecular weight excluding hydrogens is 242 g/mol. The van der Waals surface area contributed by atoms with Crippen molar-refractivity contribution in [2.24, 2.45) is 0 Å². The molecule has 0 saturated carbocycles. The fourth-order valence-corrected chi connectivity index (χ4v) is 1.44. The molecule has 18 heavy (non-hydrogen) atoms. The lowest BCUT2D eigenvalue weighted by Gasteiger charge is -2.07. The maximum atomic E-state index is 13.6. The van der Waals surface area contributed by atoms with Crippen molar-refractivity contribution in [3.8, 4) is 23.1 Å². The number of rotatable bonds is 3. The van der Waals surface area contributed by atoms with E-state index in [-0.39, 0.29) is 23.1 Å². The van der Waals surface area contributed by atoms with Crippen molar-refractivity contribution >= 4 is 0 Å². The van der Waals surface area contributed by atoms with E-state index >= 15 is 0 Å². The van der Waals surface area contributed by atoms with Crippen molar-refractivity contribution in [2.75, 3.05) is 14.2 Å². The molecule has 0 bridgehead atoms. The van der Waals surface area contributed by atoms with Crippen LogP contribution in [-0.2, 0) is 0 Å². The highest BCUT2D eigenvalue weighted by Crippen LogP contribution is 2.26. The molecule has 0 amide bonds. The van der Waals surface area contributed by atoms with E-state index < -0.39 is 11.6 Å². The van der Waals surface area contributed by atoms with E-state index in [0.29, 0.717) is 0 Å². The lowest BCUT2D eigenvalue weighted by Crippen LogP contribution is -1.99. The zero-order valence-corrected chi connectivity index (χ0v) is 9.78. The van der Waals surface area contributed by atoms with Gasteiger partial charge in [0.1, 0.15) is 0 Å². The maximum Gasteiger partial charge on any atom is 0.320 e. The lowest BCUT2D eigenvalue weighted by atomic mass is 10.1. The van der Waals surface area contributed by atoms with Gasteiger partial charge in [-0.25, -0.2) is 8.78 Å². The van der Waals surface area contributed by atoms with E-state index in [2.05, 4.69) is 9.97 Å². The number of aromatic nitrogens is 2. The molecule has 0 atom stereocenters. The first-order valence-corrected chi connectivity index (χ1v) is 5.07. The largest absolute Gasteiger partial charge is 0.481 e. The molecule has 6 heteroatoms. The summed E-state index contributed by atoms with van der Waals surface area (Å²) in [6.07, 6.45) is 0. The molecule has 1 heterocycles. The van der Waals surface area contributed by atoms with E-state index in [1.165, 1.54) is 32.4 Å².